The molecule has 170 valence electrons. The largest absolute Gasteiger partial charge is 0.453 e. The number of nitrogens with one attached hydrogen (secondary N) is 1. The number of benzene rings is 2. The Bertz CT molecular complexity index is 1020. The first-order valence-electron chi connectivity index (χ1n) is 10.5. The van der Waals surface area contributed by atoms with Crippen molar-refractivity contribution in [1.29, 1.82) is 0 Å². The number of ether oxygens (including phenoxy) is 1. The summed E-state index contributed by atoms with van der Waals surface area (Å²) in [7, 11) is 0. The Balaban J connectivity index is 1.52. The predicted octanol–water partition coefficient (Wildman–Crippen LogP) is 5.12. The van der Waals surface area contributed by atoms with Crippen molar-refractivity contribution in [1.82, 2.24) is 0 Å². The smallest absolute Gasteiger partial charge is 0.418 e. The number of para-hydroxylation sites is 1. The predicted molar refractivity (Wildman–Crippen MR) is 112 cm³/mol. The average Bonchev–Trinajstić information content (AvgIpc) is 2.76. The summed E-state index contributed by atoms with van der Waals surface area (Å²) in [5.74, 6) is -1.87. The maximum atomic E-state index is 13.1. The molecule has 0 saturated heterocycles. The number of carbonyl (C=O) groups excluding carboxylic acids is 3. The minimum absolute atomic E-state index is 0.0805. The van der Waals surface area contributed by atoms with Crippen LogP contribution in [0.4, 0.5) is 18.9 Å². The van der Waals surface area contributed by atoms with Crippen molar-refractivity contribution in [3.63, 3.8) is 0 Å². The summed E-state index contributed by atoms with van der Waals surface area (Å²) in [6, 6.07) is 10.1. The second-order valence-electron chi connectivity index (χ2n) is 7.78. The standard InChI is InChI=1S/C24H24F3NO4/c1-15(23(31)28-20-9-5-4-8-19(20)24(25,26)27)32-22(30)13-12-21(29)18-11-10-16-6-2-3-7-17(16)14-18/h4-5,8-11,14-15H,2-3,6-7,12-13H2,1H3,(H,28,31). The summed E-state index contributed by atoms with van der Waals surface area (Å²) < 4.78 is 44.2. The van der Waals surface area contributed by atoms with Crippen LogP contribution in [-0.2, 0) is 33.3 Å². The lowest BCUT2D eigenvalue weighted by atomic mass is 9.89. The van der Waals surface area contributed by atoms with Gasteiger partial charge in [-0.15, -0.1) is 0 Å². The highest BCUT2D eigenvalue weighted by Crippen LogP contribution is 2.34. The third-order valence-corrected chi connectivity index (χ3v) is 5.39. The summed E-state index contributed by atoms with van der Waals surface area (Å²) in [6.07, 6.45) is -2.10. The molecular weight excluding hydrogens is 423 g/mol. The Morgan fingerprint density at radius 2 is 1.69 bits per heavy atom. The van der Waals surface area contributed by atoms with E-state index in [1.165, 1.54) is 24.6 Å². The zero-order valence-corrected chi connectivity index (χ0v) is 17.6. The molecule has 1 atom stereocenters. The van der Waals surface area contributed by atoms with Crippen LogP contribution in [0.3, 0.4) is 0 Å². The lowest BCUT2D eigenvalue weighted by Gasteiger charge is -2.17. The van der Waals surface area contributed by atoms with Crippen LogP contribution in [0.5, 0.6) is 0 Å². The van der Waals surface area contributed by atoms with Crippen LogP contribution in [-0.4, -0.2) is 23.8 Å². The molecule has 1 aliphatic carbocycles. The number of carbonyl (C=O) groups is 3. The van der Waals surface area contributed by atoms with Crippen LogP contribution in [0.15, 0.2) is 42.5 Å². The maximum absolute atomic E-state index is 13.1. The molecular formula is C24H24F3NO4. The Hall–Kier alpha value is -3.16. The number of Topliss-reactive ketones (excluding diaryl/α,β-unsaturated/α-hetero) is 1. The van der Waals surface area contributed by atoms with E-state index >= 15 is 0 Å². The number of halogens is 3. The summed E-state index contributed by atoms with van der Waals surface area (Å²) >= 11 is 0. The number of anilines is 1. The number of rotatable bonds is 7. The number of fused-ring (bicyclic) bond motifs is 1. The fraction of sp³-hybridized carbons (Fsp3) is 0.375. The van der Waals surface area contributed by atoms with Gasteiger partial charge in [0.25, 0.3) is 5.91 Å². The maximum Gasteiger partial charge on any atom is 0.418 e. The van der Waals surface area contributed by atoms with Crippen molar-refractivity contribution in [2.24, 2.45) is 0 Å². The SMILES string of the molecule is CC(OC(=O)CCC(=O)c1ccc2c(c1)CCCC2)C(=O)Nc1ccccc1C(F)(F)F. The molecule has 0 bridgehead atoms. The molecule has 0 aromatic heterocycles. The van der Waals surface area contributed by atoms with E-state index in [0.717, 1.165) is 43.4 Å². The lowest BCUT2D eigenvalue weighted by molar-refractivity contribution is -0.153. The van der Waals surface area contributed by atoms with Gasteiger partial charge < -0.3 is 10.1 Å². The molecule has 0 aliphatic heterocycles. The summed E-state index contributed by atoms with van der Waals surface area (Å²) in [6.45, 7) is 1.26. The van der Waals surface area contributed by atoms with E-state index in [9.17, 15) is 27.6 Å². The van der Waals surface area contributed by atoms with Crippen LogP contribution >= 0.6 is 0 Å². The van der Waals surface area contributed by atoms with Crippen molar-refractivity contribution in [3.05, 3.63) is 64.7 Å². The highest BCUT2D eigenvalue weighted by Gasteiger charge is 2.34. The molecule has 1 amide bonds. The normalized spacial score (nSPS) is 14.2. The van der Waals surface area contributed by atoms with Gasteiger partial charge in [0.15, 0.2) is 11.9 Å². The van der Waals surface area contributed by atoms with E-state index in [0.29, 0.717) is 5.56 Å². The van der Waals surface area contributed by atoms with Gasteiger partial charge in [-0.2, -0.15) is 13.2 Å². The number of hydrogen-bond donors (Lipinski definition) is 1. The van der Waals surface area contributed by atoms with Gasteiger partial charge in [-0.3, -0.25) is 14.4 Å². The van der Waals surface area contributed by atoms with Crippen molar-refractivity contribution in [3.8, 4) is 0 Å². The topological polar surface area (TPSA) is 72.5 Å². The minimum atomic E-state index is -4.64. The molecule has 1 N–H and O–H groups in total. The van der Waals surface area contributed by atoms with Crippen molar-refractivity contribution >= 4 is 23.3 Å². The summed E-state index contributed by atoms with van der Waals surface area (Å²) in [5, 5.41) is 2.14. The number of aryl methyl sites for hydroxylation is 2. The quantitative estimate of drug-likeness (QED) is 0.473. The van der Waals surface area contributed by atoms with Crippen molar-refractivity contribution < 1.29 is 32.3 Å². The Morgan fingerprint density at radius 1 is 1.00 bits per heavy atom. The molecule has 5 nitrogen and oxygen atoms in total. The fourth-order valence-electron chi connectivity index (χ4n) is 3.65. The molecule has 32 heavy (non-hydrogen) atoms. The van der Waals surface area contributed by atoms with Crippen LogP contribution < -0.4 is 5.32 Å². The van der Waals surface area contributed by atoms with Gasteiger partial charge in [0.05, 0.1) is 17.7 Å². The van der Waals surface area contributed by atoms with Gasteiger partial charge in [-0.25, -0.2) is 0 Å². The first-order valence-corrected chi connectivity index (χ1v) is 10.5. The first-order chi connectivity index (χ1) is 15.1. The molecule has 0 fully saturated rings. The number of hydrogen-bond acceptors (Lipinski definition) is 4. The Morgan fingerprint density at radius 3 is 2.41 bits per heavy atom. The monoisotopic (exact) mass is 447 g/mol. The number of ketones is 1. The van der Waals surface area contributed by atoms with Crippen molar-refractivity contribution in [2.45, 2.75) is 57.7 Å². The van der Waals surface area contributed by atoms with E-state index in [4.69, 9.17) is 4.74 Å². The Kier molecular flexibility index (Phi) is 7.33. The second-order valence-corrected chi connectivity index (χ2v) is 7.78. The highest BCUT2D eigenvalue weighted by molar-refractivity contribution is 5.98. The van der Waals surface area contributed by atoms with E-state index in [1.54, 1.807) is 6.07 Å². The number of esters is 1. The van der Waals surface area contributed by atoms with E-state index in [1.807, 2.05) is 12.1 Å². The van der Waals surface area contributed by atoms with E-state index in [-0.39, 0.29) is 18.6 Å². The van der Waals surface area contributed by atoms with E-state index in [2.05, 4.69) is 5.32 Å². The molecule has 1 aliphatic rings. The number of alkyl halides is 3. The molecule has 3 rings (SSSR count). The van der Waals surface area contributed by atoms with Crippen molar-refractivity contribution in [2.75, 3.05) is 5.32 Å². The fourth-order valence-corrected chi connectivity index (χ4v) is 3.65. The van der Waals surface area contributed by atoms with Crippen LogP contribution in [0, 0.1) is 0 Å². The van der Waals surface area contributed by atoms with Gasteiger partial charge in [0.1, 0.15) is 0 Å². The third-order valence-electron chi connectivity index (χ3n) is 5.39. The highest BCUT2D eigenvalue weighted by atomic mass is 19.4. The zero-order chi connectivity index (χ0) is 23.3. The van der Waals surface area contributed by atoms with Gasteiger partial charge in [-0.1, -0.05) is 24.3 Å². The second kappa shape index (κ2) is 9.97. The van der Waals surface area contributed by atoms with Gasteiger partial charge >= 0.3 is 12.1 Å². The third kappa shape index (κ3) is 5.96. The number of amides is 1. The molecule has 0 spiro atoms. The average molecular weight is 447 g/mol. The van der Waals surface area contributed by atoms with Gasteiger partial charge in [0, 0.05) is 12.0 Å². The molecule has 0 radical (unpaired) electrons. The molecule has 0 heterocycles. The van der Waals surface area contributed by atoms with E-state index < -0.39 is 35.4 Å². The zero-order valence-electron chi connectivity index (χ0n) is 17.6. The molecule has 2 aromatic rings. The van der Waals surface area contributed by atoms with Crippen LogP contribution in [0.2, 0.25) is 0 Å². The lowest BCUT2D eigenvalue weighted by Crippen LogP contribution is -2.30. The molecule has 0 saturated carbocycles. The minimum Gasteiger partial charge on any atom is -0.453 e. The summed E-state index contributed by atoms with van der Waals surface area (Å²) in [4.78, 5) is 36.7. The molecule has 8 heteroatoms. The van der Waals surface area contributed by atoms with Gasteiger partial charge in [0.2, 0.25) is 0 Å². The molecule has 2 aromatic carbocycles. The van der Waals surface area contributed by atoms with Crippen LogP contribution in [0.25, 0.3) is 0 Å². The first kappa shape index (κ1) is 23.5. The Labute approximate surface area is 184 Å². The molecule has 1 unspecified atom stereocenters. The van der Waals surface area contributed by atoms with Gasteiger partial charge in [-0.05, 0) is 61.9 Å². The van der Waals surface area contributed by atoms with Crippen LogP contribution in [0.1, 0.15) is 59.7 Å². The summed E-state index contributed by atoms with van der Waals surface area (Å²) in [5.41, 5.74) is 1.53.